The molecule has 0 saturated heterocycles. The molecular weight excluding hydrogens is 1140 g/mol. The van der Waals surface area contributed by atoms with Gasteiger partial charge in [0.25, 0.3) is 6.71 Å². The van der Waals surface area contributed by atoms with Crippen LogP contribution >= 0.6 is 0 Å². The lowest BCUT2D eigenvalue weighted by molar-refractivity contribution is 0.590. The topological polar surface area (TPSA) is 21.3 Å². The van der Waals surface area contributed by atoms with E-state index < -0.39 is 36.3 Å². The Morgan fingerprint density at radius 2 is 0.723 bits per heavy atom. The van der Waals surface area contributed by atoms with Gasteiger partial charge in [0.1, 0.15) is 0 Å². The molecule has 0 N–H and O–H groups in total. The van der Waals surface area contributed by atoms with Gasteiger partial charge in [-0.1, -0.05) is 245 Å². The van der Waals surface area contributed by atoms with Crippen molar-refractivity contribution in [1.82, 2.24) is 13.7 Å². The summed E-state index contributed by atoms with van der Waals surface area (Å²) in [4.78, 5) is 4.90. The summed E-state index contributed by atoms with van der Waals surface area (Å²) in [5.74, 6) is 0. The van der Waals surface area contributed by atoms with Gasteiger partial charge in [0.05, 0.1) is 49.8 Å². The van der Waals surface area contributed by atoms with Crippen LogP contribution in [0, 0.1) is 0 Å². The lowest BCUT2D eigenvalue weighted by atomic mass is 9.33. The van der Waals surface area contributed by atoms with Gasteiger partial charge in [-0.25, -0.2) is 0 Å². The molecule has 442 valence electrons. The van der Waals surface area contributed by atoms with E-state index in [1.807, 2.05) is 18.2 Å². The fourth-order valence-electron chi connectivity index (χ4n) is 15.4. The molecule has 6 heteroatoms. The lowest BCUT2D eigenvalue weighted by Crippen LogP contribution is -2.61. The highest BCUT2D eigenvalue weighted by atomic mass is 15.2. The summed E-state index contributed by atoms with van der Waals surface area (Å²) in [7, 11) is 0. The molecule has 14 aromatic carbocycles. The average Bonchev–Trinajstić information content (AvgIpc) is 0.850. The van der Waals surface area contributed by atoms with Gasteiger partial charge < -0.3 is 23.5 Å². The van der Waals surface area contributed by atoms with Crippen LogP contribution in [-0.2, 0) is 5.41 Å². The molecule has 5 heterocycles. The van der Waals surface area contributed by atoms with Crippen molar-refractivity contribution in [3.8, 4) is 50.4 Å². The summed E-state index contributed by atoms with van der Waals surface area (Å²) in [6, 6.07) is 94.2. The average molecular weight is 1210 g/mol. The van der Waals surface area contributed by atoms with Gasteiger partial charge in [-0.2, -0.15) is 0 Å². The minimum Gasteiger partial charge on any atom is -0.311 e. The molecule has 2 aliphatic rings. The molecular formula is C88H62BN5. The number of para-hydroxylation sites is 6. The van der Waals surface area contributed by atoms with Crippen LogP contribution in [0.2, 0.25) is 0 Å². The number of hydrogen-bond acceptors (Lipinski definition) is 2. The summed E-state index contributed by atoms with van der Waals surface area (Å²) in [5.41, 5.74) is 22.4. The number of anilines is 6. The van der Waals surface area contributed by atoms with E-state index in [1.165, 1.54) is 10.8 Å². The Morgan fingerprint density at radius 3 is 1.28 bits per heavy atom. The highest BCUT2D eigenvalue weighted by molar-refractivity contribution is 7.00. The minimum atomic E-state index is -0.494. The predicted molar refractivity (Wildman–Crippen MR) is 398 cm³/mol. The van der Waals surface area contributed by atoms with Crippen LogP contribution in [0.3, 0.4) is 0 Å². The molecule has 0 atom stereocenters. The molecule has 5 nitrogen and oxygen atoms in total. The zero-order chi connectivity index (χ0) is 69.3. The van der Waals surface area contributed by atoms with Gasteiger partial charge in [-0.15, -0.1) is 0 Å². The number of hydrogen-bond donors (Lipinski definition) is 0. The summed E-state index contributed by atoms with van der Waals surface area (Å²) in [6.07, 6.45) is 0. The molecule has 3 aromatic heterocycles. The second kappa shape index (κ2) is 20.8. The molecule has 0 radical (unpaired) electrons. The lowest BCUT2D eigenvalue weighted by Gasteiger charge is -2.46. The highest BCUT2D eigenvalue weighted by Crippen LogP contribution is 2.52. The third-order valence-electron chi connectivity index (χ3n) is 19.6. The van der Waals surface area contributed by atoms with Crippen molar-refractivity contribution in [3.05, 3.63) is 327 Å². The number of rotatable bonds is 8. The summed E-state index contributed by atoms with van der Waals surface area (Å²) >= 11 is 0. The fourth-order valence-corrected chi connectivity index (χ4v) is 15.4. The van der Waals surface area contributed by atoms with E-state index in [0.717, 1.165) is 134 Å². The van der Waals surface area contributed by atoms with Crippen LogP contribution in [0.5, 0.6) is 0 Å². The maximum atomic E-state index is 9.71. The Labute approximate surface area is 557 Å². The first-order valence-electron chi connectivity index (χ1n) is 36.1. The first kappa shape index (κ1) is 46.2. The van der Waals surface area contributed by atoms with E-state index in [0.29, 0.717) is 5.69 Å². The Bertz CT molecular complexity index is 6250. The quantitative estimate of drug-likeness (QED) is 0.141. The fraction of sp³-hybridized carbons (Fsp3) is 0.0455. The predicted octanol–water partition coefficient (Wildman–Crippen LogP) is 21.4. The first-order chi connectivity index (χ1) is 49.6. The number of benzene rings is 14. The molecule has 19 rings (SSSR count). The Kier molecular flexibility index (Phi) is 10.3. The van der Waals surface area contributed by atoms with Crippen molar-refractivity contribution in [2.75, 3.05) is 9.80 Å². The maximum absolute atomic E-state index is 9.71. The monoisotopic (exact) mass is 1210 g/mol. The maximum Gasteiger partial charge on any atom is 0.252 e. The van der Waals surface area contributed by atoms with E-state index in [9.17, 15) is 5.48 Å². The van der Waals surface area contributed by atoms with Crippen LogP contribution in [0.1, 0.15) is 37.3 Å². The van der Waals surface area contributed by atoms with E-state index in [-0.39, 0.29) is 46.0 Å². The molecule has 94 heavy (non-hydrogen) atoms. The molecule has 0 fully saturated rings. The van der Waals surface area contributed by atoms with E-state index in [1.54, 1.807) is 4.57 Å². The van der Waals surface area contributed by atoms with Crippen molar-refractivity contribution in [2.45, 2.75) is 26.2 Å². The van der Waals surface area contributed by atoms with E-state index >= 15 is 0 Å². The summed E-state index contributed by atoms with van der Waals surface area (Å²) in [5, 5.41) is 4.69. The number of fused-ring (bicyclic) bond motifs is 13. The molecule has 0 aliphatic carbocycles. The molecule has 0 bridgehead atoms. The number of aromatic nitrogens is 3. The summed E-state index contributed by atoms with van der Waals surface area (Å²) in [6.45, 7) is 6.36. The second-order valence-corrected chi connectivity index (χ2v) is 25.8. The molecule has 0 saturated carbocycles. The molecule has 0 spiro atoms. The van der Waals surface area contributed by atoms with Crippen molar-refractivity contribution >= 4 is 123 Å². The SMILES string of the molecule is [2H]c1c([2H])c([2H])c2c(c1[2H])c1c([2H])c([2H])c([2H])c([2H])c1n2-c1ccc2c(c1)N(c1c(-c3ccccc3)cccc1-c1ccccc1)c1cc(C(C)(C)C)cc3c1B2c1ccc(-n2c4ccccc4c4cc(-n5c6ccccc6c6ccccc65)ccc42)cc1N3c1cccc(-c2ccccc2)c1. The standard InChI is InChI=1S/C88H62BN5/c1-88(2,3)61-52-84-86-85(53-61)94(87-66(58-27-9-5-10-28-58)38-24-39-67(87)59-29-11-6-12-30-59)83-56-65(91-78-42-20-15-35-70(78)71-36-16-21-43-79(71)91)46-49-75(83)89(86)74-48-45-64(55-82(74)93(84)62-32-23-31-60(51-62)57-25-7-4-8-26-57)92-80-44-22-17-37-72(80)73-54-63(47-50-81(73)92)90-76-40-18-13-33-68(76)69-34-14-19-41-77(69)90/h4-56H,1-3H3/i15D,16D,20D,21D,35D,36D,42D,43D. The van der Waals surface area contributed by atoms with Crippen LogP contribution in [0.4, 0.5) is 34.1 Å². The second-order valence-electron chi connectivity index (χ2n) is 25.8. The highest BCUT2D eigenvalue weighted by Gasteiger charge is 2.45. The Balaban J connectivity index is 0.934. The van der Waals surface area contributed by atoms with E-state index in [4.69, 9.17) is 5.48 Å². The normalized spacial score (nSPS) is 14.0. The van der Waals surface area contributed by atoms with Gasteiger partial charge in [0, 0.05) is 88.9 Å². The number of nitrogens with zero attached hydrogens (tertiary/aromatic N) is 5. The van der Waals surface area contributed by atoms with Crippen LogP contribution in [0.15, 0.2) is 321 Å². The molecule has 0 unspecified atom stereocenters. The van der Waals surface area contributed by atoms with Gasteiger partial charge in [-0.05, 0) is 147 Å². The van der Waals surface area contributed by atoms with Crippen LogP contribution in [0.25, 0.3) is 116 Å². The smallest absolute Gasteiger partial charge is 0.252 e. The largest absolute Gasteiger partial charge is 0.311 e. The molecule has 17 aromatic rings. The minimum absolute atomic E-state index is 0.0171. The van der Waals surface area contributed by atoms with E-state index in [2.05, 4.69) is 294 Å². The zero-order valence-corrected chi connectivity index (χ0v) is 51.8. The van der Waals surface area contributed by atoms with Gasteiger partial charge in [0.2, 0.25) is 0 Å². The van der Waals surface area contributed by atoms with Crippen molar-refractivity contribution < 1.29 is 11.0 Å². The Morgan fingerprint density at radius 1 is 0.298 bits per heavy atom. The van der Waals surface area contributed by atoms with Gasteiger partial charge in [-0.3, -0.25) is 0 Å². The van der Waals surface area contributed by atoms with Crippen molar-refractivity contribution in [3.63, 3.8) is 0 Å². The summed E-state index contributed by atoms with van der Waals surface area (Å²) < 4.78 is 81.1. The molecule has 2 aliphatic heterocycles. The Hall–Kier alpha value is -11.9. The molecule has 0 amide bonds. The van der Waals surface area contributed by atoms with Crippen LogP contribution < -0.4 is 26.2 Å². The first-order valence-corrected chi connectivity index (χ1v) is 32.1. The van der Waals surface area contributed by atoms with Crippen LogP contribution in [-0.4, -0.2) is 20.4 Å². The van der Waals surface area contributed by atoms with Crippen molar-refractivity contribution in [2.24, 2.45) is 0 Å². The van der Waals surface area contributed by atoms with Gasteiger partial charge >= 0.3 is 0 Å². The zero-order valence-electron chi connectivity index (χ0n) is 59.8. The third kappa shape index (κ3) is 8.15. The third-order valence-corrected chi connectivity index (χ3v) is 19.6. The van der Waals surface area contributed by atoms with Gasteiger partial charge in [0.15, 0.2) is 0 Å². The van der Waals surface area contributed by atoms with Crippen molar-refractivity contribution in [1.29, 1.82) is 0 Å².